The number of hydrogen-bond acceptors (Lipinski definition) is 6. The highest BCUT2D eigenvalue weighted by Crippen LogP contribution is 2.28. The number of benzene rings is 2. The lowest BCUT2D eigenvalue weighted by molar-refractivity contribution is -0.384. The van der Waals surface area contributed by atoms with Crippen LogP contribution in [0.1, 0.15) is 24.2 Å². The van der Waals surface area contributed by atoms with E-state index in [4.69, 9.17) is 4.74 Å². The number of ether oxygens (including phenoxy) is 1. The molecule has 0 aliphatic carbocycles. The summed E-state index contributed by atoms with van der Waals surface area (Å²) in [6.07, 6.45) is -0.265. The number of rotatable bonds is 6. The summed E-state index contributed by atoms with van der Waals surface area (Å²) in [6.45, 7) is 3.48. The van der Waals surface area contributed by atoms with E-state index in [2.05, 4.69) is 5.32 Å². The number of para-hydroxylation sites is 2. The van der Waals surface area contributed by atoms with Crippen LogP contribution in [0.5, 0.6) is 5.75 Å². The van der Waals surface area contributed by atoms with Gasteiger partial charge in [0.1, 0.15) is 11.4 Å². The van der Waals surface area contributed by atoms with Crippen LogP contribution >= 0.6 is 0 Å². The summed E-state index contributed by atoms with van der Waals surface area (Å²) >= 11 is 0. The molecule has 0 unspecified atom stereocenters. The van der Waals surface area contributed by atoms with Gasteiger partial charge in [-0.05, 0) is 26.0 Å². The highest BCUT2D eigenvalue weighted by atomic mass is 16.6. The van der Waals surface area contributed by atoms with Gasteiger partial charge in [0.05, 0.1) is 21.5 Å². The zero-order valence-electron chi connectivity index (χ0n) is 13.5. The number of nitrogens with one attached hydrogen (secondary N) is 1. The zero-order valence-corrected chi connectivity index (χ0v) is 13.5. The smallest absolute Gasteiger partial charge is 0.292 e. The van der Waals surface area contributed by atoms with Crippen molar-refractivity contribution in [2.75, 3.05) is 5.32 Å². The Morgan fingerprint density at radius 1 is 1.08 bits per heavy atom. The molecule has 0 aliphatic heterocycles. The van der Waals surface area contributed by atoms with E-state index in [1.807, 2.05) is 0 Å². The molecule has 2 rings (SSSR count). The second-order valence-corrected chi connectivity index (χ2v) is 5.33. The number of nitro benzene ring substituents is 2. The van der Waals surface area contributed by atoms with E-state index in [-0.39, 0.29) is 34.5 Å². The molecule has 1 amide bonds. The lowest BCUT2D eigenvalue weighted by Gasteiger charge is -2.14. The van der Waals surface area contributed by atoms with Crippen molar-refractivity contribution in [2.24, 2.45) is 0 Å². The highest BCUT2D eigenvalue weighted by Gasteiger charge is 2.21. The van der Waals surface area contributed by atoms with Crippen LogP contribution in [-0.4, -0.2) is 21.9 Å². The summed E-state index contributed by atoms with van der Waals surface area (Å²) in [5.41, 5.74) is -0.669. The molecule has 0 aromatic heterocycles. The Kier molecular flexibility index (Phi) is 5.28. The van der Waals surface area contributed by atoms with Crippen molar-refractivity contribution in [3.8, 4) is 5.75 Å². The molecule has 0 bridgehead atoms. The maximum atomic E-state index is 12.5. The first-order valence-corrected chi connectivity index (χ1v) is 7.29. The molecule has 0 saturated carbocycles. The SMILES string of the molecule is CC(C)Oc1ccc([N+](=O)[O-])cc1C(=O)Nc1ccccc1[N+](=O)[O-]. The van der Waals surface area contributed by atoms with Crippen molar-refractivity contribution < 1.29 is 19.4 Å². The van der Waals surface area contributed by atoms with E-state index in [1.165, 1.54) is 36.4 Å². The third kappa shape index (κ3) is 4.28. The molecule has 2 aromatic carbocycles. The molecule has 0 fully saturated rings. The maximum absolute atomic E-state index is 12.5. The predicted octanol–water partition coefficient (Wildman–Crippen LogP) is 3.54. The molecule has 9 heteroatoms. The molecule has 0 radical (unpaired) electrons. The van der Waals surface area contributed by atoms with Gasteiger partial charge in [-0.1, -0.05) is 12.1 Å². The normalized spacial score (nSPS) is 10.4. The van der Waals surface area contributed by atoms with Crippen LogP contribution in [0.4, 0.5) is 17.1 Å². The van der Waals surface area contributed by atoms with Gasteiger partial charge in [0.2, 0.25) is 0 Å². The summed E-state index contributed by atoms with van der Waals surface area (Å²) in [7, 11) is 0. The van der Waals surface area contributed by atoms with Gasteiger partial charge in [0.15, 0.2) is 0 Å². The van der Waals surface area contributed by atoms with Crippen LogP contribution in [0.25, 0.3) is 0 Å². The molecule has 25 heavy (non-hydrogen) atoms. The van der Waals surface area contributed by atoms with Gasteiger partial charge >= 0.3 is 0 Å². The van der Waals surface area contributed by atoms with Gasteiger partial charge in [0.25, 0.3) is 17.3 Å². The molecule has 9 nitrogen and oxygen atoms in total. The van der Waals surface area contributed by atoms with E-state index in [0.717, 1.165) is 6.07 Å². The van der Waals surface area contributed by atoms with Gasteiger partial charge in [-0.2, -0.15) is 0 Å². The second kappa shape index (κ2) is 7.39. The lowest BCUT2D eigenvalue weighted by Crippen LogP contribution is -2.16. The molecular formula is C16H15N3O6. The number of nitro groups is 2. The van der Waals surface area contributed by atoms with E-state index in [1.54, 1.807) is 13.8 Å². The van der Waals surface area contributed by atoms with Crippen LogP contribution in [0.2, 0.25) is 0 Å². The van der Waals surface area contributed by atoms with Gasteiger partial charge < -0.3 is 10.1 Å². The van der Waals surface area contributed by atoms with Crippen molar-refractivity contribution in [2.45, 2.75) is 20.0 Å². The Hall–Kier alpha value is -3.49. The first-order chi connectivity index (χ1) is 11.8. The Labute approximate surface area is 142 Å². The van der Waals surface area contributed by atoms with Crippen molar-refractivity contribution in [1.29, 1.82) is 0 Å². The van der Waals surface area contributed by atoms with E-state index in [9.17, 15) is 25.0 Å². The molecule has 0 saturated heterocycles. The summed E-state index contributed by atoms with van der Waals surface area (Å²) in [5.74, 6) is -0.592. The first-order valence-electron chi connectivity index (χ1n) is 7.29. The standard InChI is InChI=1S/C16H15N3O6/c1-10(2)25-15-8-7-11(18(21)22)9-12(15)16(20)17-13-5-3-4-6-14(13)19(23)24/h3-10H,1-2H3,(H,17,20). The third-order valence-corrected chi connectivity index (χ3v) is 3.13. The summed E-state index contributed by atoms with van der Waals surface area (Å²) < 4.78 is 5.50. The topological polar surface area (TPSA) is 125 Å². The van der Waals surface area contributed by atoms with Crippen LogP contribution in [0.15, 0.2) is 42.5 Å². The van der Waals surface area contributed by atoms with Gasteiger partial charge in [-0.3, -0.25) is 25.0 Å². The average Bonchev–Trinajstić information content (AvgIpc) is 2.54. The maximum Gasteiger partial charge on any atom is 0.292 e. The number of anilines is 1. The number of carbonyl (C=O) groups is 1. The number of amides is 1. The highest BCUT2D eigenvalue weighted by molar-refractivity contribution is 6.07. The molecule has 0 heterocycles. The van der Waals surface area contributed by atoms with Gasteiger partial charge in [-0.15, -0.1) is 0 Å². The van der Waals surface area contributed by atoms with Crippen molar-refractivity contribution in [3.63, 3.8) is 0 Å². The molecule has 2 aromatic rings. The Morgan fingerprint density at radius 3 is 2.36 bits per heavy atom. The van der Waals surface area contributed by atoms with Crippen LogP contribution in [0.3, 0.4) is 0 Å². The number of hydrogen-bond donors (Lipinski definition) is 1. The lowest BCUT2D eigenvalue weighted by atomic mass is 10.1. The van der Waals surface area contributed by atoms with Crippen LogP contribution < -0.4 is 10.1 Å². The fourth-order valence-corrected chi connectivity index (χ4v) is 2.09. The van der Waals surface area contributed by atoms with E-state index >= 15 is 0 Å². The Bertz CT molecular complexity index is 834. The van der Waals surface area contributed by atoms with E-state index in [0.29, 0.717) is 0 Å². The monoisotopic (exact) mass is 345 g/mol. The third-order valence-electron chi connectivity index (χ3n) is 3.13. The van der Waals surface area contributed by atoms with Crippen molar-refractivity contribution in [1.82, 2.24) is 0 Å². The summed E-state index contributed by atoms with van der Waals surface area (Å²) in [6, 6.07) is 9.23. The molecule has 0 atom stereocenters. The van der Waals surface area contributed by atoms with Crippen LogP contribution in [-0.2, 0) is 0 Å². The summed E-state index contributed by atoms with van der Waals surface area (Å²) in [5, 5.41) is 24.4. The second-order valence-electron chi connectivity index (χ2n) is 5.33. The minimum atomic E-state index is -0.742. The first kappa shape index (κ1) is 17.9. The number of non-ortho nitro benzene ring substituents is 1. The molecule has 1 N–H and O–H groups in total. The quantitative estimate of drug-likeness (QED) is 0.630. The number of carbonyl (C=O) groups excluding carboxylic acids is 1. The Balaban J connectivity index is 2.42. The predicted molar refractivity (Wildman–Crippen MR) is 89.9 cm³/mol. The summed E-state index contributed by atoms with van der Waals surface area (Å²) in [4.78, 5) is 33.3. The van der Waals surface area contributed by atoms with Gasteiger partial charge in [-0.25, -0.2) is 0 Å². The largest absolute Gasteiger partial charge is 0.490 e. The zero-order chi connectivity index (χ0) is 18.6. The Morgan fingerprint density at radius 2 is 1.76 bits per heavy atom. The van der Waals surface area contributed by atoms with Crippen molar-refractivity contribution >= 4 is 23.0 Å². The van der Waals surface area contributed by atoms with Crippen LogP contribution in [0, 0.1) is 20.2 Å². The fraction of sp³-hybridized carbons (Fsp3) is 0.188. The van der Waals surface area contributed by atoms with E-state index < -0.39 is 15.8 Å². The van der Waals surface area contributed by atoms with Gasteiger partial charge in [0, 0.05) is 18.2 Å². The number of nitrogens with zero attached hydrogens (tertiary/aromatic N) is 2. The average molecular weight is 345 g/mol. The molecule has 130 valence electrons. The van der Waals surface area contributed by atoms with Crippen molar-refractivity contribution in [3.05, 3.63) is 68.3 Å². The fourth-order valence-electron chi connectivity index (χ4n) is 2.09. The minimum absolute atomic E-state index is 0.0143. The molecular weight excluding hydrogens is 330 g/mol. The molecule has 0 aliphatic rings. The molecule has 0 spiro atoms. The minimum Gasteiger partial charge on any atom is -0.490 e.